The molecule has 0 spiro atoms. The third-order valence-electron chi connectivity index (χ3n) is 5.31. The predicted octanol–water partition coefficient (Wildman–Crippen LogP) is 3.08. The Labute approximate surface area is 174 Å². The van der Waals surface area contributed by atoms with Gasteiger partial charge in [0.1, 0.15) is 11.6 Å². The van der Waals surface area contributed by atoms with Crippen molar-refractivity contribution < 1.29 is 23.6 Å². The van der Waals surface area contributed by atoms with E-state index in [0.717, 1.165) is 5.46 Å². The van der Waals surface area contributed by atoms with E-state index >= 15 is 0 Å². The van der Waals surface area contributed by atoms with Crippen molar-refractivity contribution in [2.75, 3.05) is 0 Å². The number of benzene rings is 1. The number of carbonyl (C=O) groups is 2. The third kappa shape index (κ3) is 5.61. The van der Waals surface area contributed by atoms with Crippen molar-refractivity contribution >= 4 is 24.5 Å². The van der Waals surface area contributed by atoms with E-state index in [-0.39, 0.29) is 11.8 Å². The van der Waals surface area contributed by atoms with E-state index < -0.39 is 35.9 Å². The Hall–Kier alpha value is -1.86. The van der Waals surface area contributed by atoms with Gasteiger partial charge < -0.3 is 19.4 Å². The van der Waals surface area contributed by atoms with Crippen LogP contribution in [-0.4, -0.2) is 41.8 Å². The van der Waals surface area contributed by atoms with Crippen molar-refractivity contribution in [3.8, 4) is 0 Å². The third-order valence-corrected chi connectivity index (χ3v) is 5.31. The second kappa shape index (κ2) is 8.11. The number of amides is 1. The summed E-state index contributed by atoms with van der Waals surface area (Å²) in [6, 6.07) is 6.33. The lowest BCUT2D eigenvalue weighted by atomic mass is 9.79. The van der Waals surface area contributed by atoms with Crippen molar-refractivity contribution in [1.82, 2.24) is 5.32 Å². The van der Waals surface area contributed by atoms with Gasteiger partial charge in [0.25, 0.3) is 5.91 Å². The molecule has 2 rings (SSSR count). The van der Waals surface area contributed by atoms with Gasteiger partial charge in [0, 0.05) is 5.56 Å². The number of esters is 1. The molecule has 0 aliphatic carbocycles. The molecular weight excluding hydrogens is 369 g/mol. The number of nitrogens with one attached hydrogen (secondary N) is 1. The van der Waals surface area contributed by atoms with E-state index in [9.17, 15) is 9.59 Å². The molecule has 0 aromatic heterocycles. The van der Waals surface area contributed by atoms with Crippen LogP contribution in [0.2, 0.25) is 0 Å². The van der Waals surface area contributed by atoms with Crippen molar-refractivity contribution in [1.29, 1.82) is 0 Å². The molecule has 0 bridgehead atoms. The quantitative estimate of drug-likeness (QED) is 0.604. The van der Waals surface area contributed by atoms with Gasteiger partial charge in [-0.3, -0.25) is 4.79 Å². The van der Waals surface area contributed by atoms with Crippen LogP contribution >= 0.6 is 0 Å². The number of carbonyl (C=O) groups excluding carboxylic acids is 2. The summed E-state index contributed by atoms with van der Waals surface area (Å²) in [4.78, 5) is 25.1. The molecule has 1 fully saturated rings. The summed E-state index contributed by atoms with van der Waals surface area (Å²) < 4.78 is 17.5. The molecule has 1 aromatic rings. The largest absolute Gasteiger partial charge is 0.494 e. The van der Waals surface area contributed by atoms with E-state index in [1.165, 1.54) is 0 Å². The maximum absolute atomic E-state index is 12.7. The highest BCUT2D eigenvalue weighted by Gasteiger charge is 2.51. The van der Waals surface area contributed by atoms with Crippen molar-refractivity contribution in [2.45, 2.75) is 85.2 Å². The fraction of sp³-hybridized carbons (Fsp3) is 0.636. The molecule has 1 aliphatic heterocycles. The minimum absolute atomic E-state index is 0.0992. The van der Waals surface area contributed by atoms with Gasteiger partial charge in [-0.25, -0.2) is 4.79 Å². The van der Waals surface area contributed by atoms with Gasteiger partial charge in [0.05, 0.1) is 11.2 Å². The molecular formula is C22H34BNO5. The Kier molecular flexibility index (Phi) is 6.55. The van der Waals surface area contributed by atoms with Gasteiger partial charge in [-0.1, -0.05) is 26.0 Å². The molecule has 0 saturated carbocycles. The zero-order valence-electron chi connectivity index (χ0n) is 19.1. The summed E-state index contributed by atoms with van der Waals surface area (Å²) in [5.74, 6) is -0.859. The zero-order valence-corrected chi connectivity index (χ0v) is 19.1. The first kappa shape index (κ1) is 23.4. The highest BCUT2D eigenvalue weighted by atomic mass is 16.7. The summed E-state index contributed by atoms with van der Waals surface area (Å²) in [5, 5.41) is 2.79. The van der Waals surface area contributed by atoms with Crippen LogP contribution in [0.25, 0.3) is 0 Å². The molecule has 1 aromatic carbocycles. The lowest BCUT2D eigenvalue weighted by molar-refractivity contribution is -0.158. The fourth-order valence-corrected chi connectivity index (χ4v) is 2.86. The topological polar surface area (TPSA) is 73.9 Å². The van der Waals surface area contributed by atoms with Crippen LogP contribution < -0.4 is 10.8 Å². The molecule has 0 radical (unpaired) electrons. The van der Waals surface area contributed by atoms with Crippen LogP contribution in [0.15, 0.2) is 24.3 Å². The maximum Gasteiger partial charge on any atom is 0.494 e. The summed E-state index contributed by atoms with van der Waals surface area (Å²) in [6.45, 7) is 17.1. The lowest BCUT2D eigenvalue weighted by Crippen LogP contribution is -2.47. The Morgan fingerprint density at radius 2 is 1.48 bits per heavy atom. The molecule has 1 atom stereocenters. The molecule has 0 unspecified atom stereocenters. The molecule has 7 heteroatoms. The van der Waals surface area contributed by atoms with Gasteiger partial charge in [-0.15, -0.1) is 0 Å². The minimum atomic E-state index is -0.718. The Bertz CT molecular complexity index is 733. The Morgan fingerprint density at radius 1 is 1.00 bits per heavy atom. The molecule has 1 saturated heterocycles. The standard InChI is InChI=1S/C22H34BNO5/c1-14(2)17(19(26)27-20(3,4)5)24-18(25)15-10-12-16(13-11-15)23-28-21(6,7)22(8,9)29-23/h10-14,17H,1-9H3,(H,24,25)/t17-/m0/s1. The van der Waals surface area contributed by atoms with Crippen molar-refractivity contribution in [3.63, 3.8) is 0 Å². The SMILES string of the molecule is CC(C)[C@H](NC(=O)c1ccc(B2OC(C)(C)C(C)(C)O2)cc1)C(=O)OC(C)(C)C. The molecule has 1 aliphatic rings. The average molecular weight is 403 g/mol. The zero-order chi connectivity index (χ0) is 22.2. The normalized spacial score (nSPS) is 19.2. The van der Waals surface area contributed by atoms with Crippen LogP contribution in [0.1, 0.15) is 72.7 Å². The van der Waals surface area contributed by atoms with Crippen LogP contribution in [0.5, 0.6) is 0 Å². The molecule has 1 N–H and O–H groups in total. The molecule has 160 valence electrons. The van der Waals surface area contributed by atoms with Crippen LogP contribution in [0, 0.1) is 5.92 Å². The molecule has 1 heterocycles. The van der Waals surface area contributed by atoms with E-state index in [2.05, 4.69) is 5.32 Å². The van der Waals surface area contributed by atoms with Gasteiger partial charge in [-0.05, 0) is 72.0 Å². The number of hydrogen-bond acceptors (Lipinski definition) is 5. The molecule has 29 heavy (non-hydrogen) atoms. The second-order valence-electron chi connectivity index (χ2n) is 9.94. The summed E-state index contributed by atoms with van der Waals surface area (Å²) in [5.41, 5.74) is -0.163. The lowest BCUT2D eigenvalue weighted by Gasteiger charge is -2.32. The van der Waals surface area contributed by atoms with E-state index in [1.807, 2.05) is 53.7 Å². The van der Waals surface area contributed by atoms with Crippen LogP contribution in [-0.2, 0) is 18.8 Å². The van der Waals surface area contributed by atoms with Gasteiger partial charge >= 0.3 is 13.1 Å². The Balaban J connectivity index is 2.09. The first-order valence-corrected chi connectivity index (χ1v) is 10.1. The highest BCUT2D eigenvalue weighted by Crippen LogP contribution is 2.36. The van der Waals surface area contributed by atoms with Crippen molar-refractivity contribution in [3.05, 3.63) is 29.8 Å². The first-order chi connectivity index (χ1) is 13.1. The van der Waals surface area contributed by atoms with Crippen LogP contribution in [0.3, 0.4) is 0 Å². The van der Waals surface area contributed by atoms with Gasteiger partial charge in [0.15, 0.2) is 0 Å². The molecule has 6 nitrogen and oxygen atoms in total. The monoisotopic (exact) mass is 403 g/mol. The summed E-state index contributed by atoms with van der Waals surface area (Å²) in [6.07, 6.45) is 0. The number of ether oxygens (including phenoxy) is 1. The van der Waals surface area contributed by atoms with E-state index in [0.29, 0.717) is 5.56 Å². The second-order valence-corrected chi connectivity index (χ2v) is 9.94. The minimum Gasteiger partial charge on any atom is -0.458 e. The smallest absolute Gasteiger partial charge is 0.458 e. The highest BCUT2D eigenvalue weighted by molar-refractivity contribution is 6.62. The van der Waals surface area contributed by atoms with E-state index in [4.69, 9.17) is 14.0 Å². The first-order valence-electron chi connectivity index (χ1n) is 10.1. The van der Waals surface area contributed by atoms with Gasteiger partial charge in [-0.2, -0.15) is 0 Å². The predicted molar refractivity (Wildman–Crippen MR) is 114 cm³/mol. The van der Waals surface area contributed by atoms with Crippen LogP contribution in [0.4, 0.5) is 0 Å². The number of rotatable bonds is 5. The fourth-order valence-electron chi connectivity index (χ4n) is 2.86. The summed E-state index contributed by atoms with van der Waals surface area (Å²) in [7, 11) is -0.484. The maximum atomic E-state index is 12.7. The van der Waals surface area contributed by atoms with Gasteiger partial charge in [0.2, 0.25) is 0 Å². The van der Waals surface area contributed by atoms with Crippen molar-refractivity contribution in [2.24, 2.45) is 5.92 Å². The Morgan fingerprint density at radius 3 is 1.90 bits per heavy atom. The van der Waals surface area contributed by atoms with E-state index in [1.54, 1.807) is 32.9 Å². The number of hydrogen-bond donors (Lipinski definition) is 1. The average Bonchev–Trinajstić information content (AvgIpc) is 2.78. The summed E-state index contributed by atoms with van der Waals surface area (Å²) >= 11 is 0. The molecule has 1 amide bonds.